The van der Waals surface area contributed by atoms with Crippen molar-refractivity contribution in [1.82, 2.24) is 9.55 Å². The van der Waals surface area contributed by atoms with Crippen molar-refractivity contribution in [2.45, 2.75) is 5.03 Å². The summed E-state index contributed by atoms with van der Waals surface area (Å²) in [6.45, 7) is 0. The van der Waals surface area contributed by atoms with E-state index in [1.807, 2.05) is 0 Å². The monoisotopic (exact) mass is 181 g/mol. The molecule has 0 N–H and O–H groups in total. The van der Waals surface area contributed by atoms with Crippen LogP contribution in [0.2, 0.25) is 0 Å². The van der Waals surface area contributed by atoms with E-state index in [0.717, 1.165) is 0 Å². The maximum atomic E-state index is 10.1. The zero-order valence-corrected chi connectivity index (χ0v) is 8.96. The third-order valence-electron chi connectivity index (χ3n) is 1.04. The quantitative estimate of drug-likeness (QED) is 0.204. The van der Waals surface area contributed by atoms with Crippen LogP contribution >= 0.6 is 0 Å². The van der Waals surface area contributed by atoms with Crippen LogP contribution in [0.5, 0.6) is 0 Å². The summed E-state index contributed by atoms with van der Waals surface area (Å²) >= 11 is 4.66. The molecule has 0 spiro atoms. The summed E-state index contributed by atoms with van der Waals surface area (Å²) < 4.78 is 1.42. The molecule has 5 nitrogen and oxygen atoms in total. The number of nitrogens with zero attached hydrogens (tertiary/aromatic N) is 3. The molecule has 1 aromatic heterocycles. The predicted molar refractivity (Wildman–Crippen MR) is 35.5 cm³/mol. The molecule has 7 heteroatoms. The fraction of sp³-hybridized carbons (Fsp3) is 0.250. The molecule has 0 fully saturated rings. The van der Waals surface area contributed by atoms with E-state index in [9.17, 15) is 10.1 Å². The number of nitro groups is 1. The molecule has 1 heterocycles. The Kier molecular flexibility index (Phi) is 3.95. The van der Waals surface area contributed by atoms with E-state index in [-0.39, 0.29) is 40.4 Å². The molecule has 0 aromatic carbocycles. The van der Waals surface area contributed by atoms with Gasteiger partial charge in [0.2, 0.25) is 6.33 Å². The standard InChI is InChI=1S/C4H5N3O2S.Na/c1-6-2-5-3(4(6)10)7(8)9;/h2,10H,1H3;/q;+1/p-1. The van der Waals surface area contributed by atoms with Crippen LogP contribution in [0, 0.1) is 10.1 Å². The SMILES string of the molecule is Cn1cnc([N+](=O)[O-])c1[S-].[Na+]. The topological polar surface area (TPSA) is 61.0 Å². The van der Waals surface area contributed by atoms with Gasteiger partial charge < -0.3 is 27.3 Å². The maximum absolute atomic E-state index is 10.1. The molecule has 0 unspecified atom stereocenters. The van der Waals surface area contributed by atoms with Gasteiger partial charge >= 0.3 is 35.4 Å². The number of imidazole rings is 1. The molecule has 0 atom stereocenters. The Balaban J connectivity index is 0.000001000. The molecule has 1 rings (SSSR count). The molecule has 0 amide bonds. The van der Waals surface area contributed by atoms with Crippen molar-refractivity contribution in [2.24, 2.45) is 7.05 Å². The first-order valence-corrected chi connectivity index (χ1v) is 2.86. The molecule has 0 aliphatic heterocycles. The first-order valence-electron chi connectivity index (χ1n) is 2.45. The average molecular weight is 181 g/mol. The van der Waals surface area contributed by atoms with Gasteiger partial charge in [-0.15, -0.1) is 0 Å². The van der Waals surface area contributed by atoms with Crippen LogP contribution in [0.3, 0.4) is 0 Å². The van der Waals surface area contributed by atoms with E-state index in [1.165, 1.54) is 10.9 Å². The molecule has 0 saturated carbocycles. The normalized spacial score (nSPS) is 8.82. The predicted octanol–water partition coefficient (Wildman–Crippen LogP) is -2.76. The first-order chi connectivity index (χ1) is 4.63. The molecule has 54 valence electrons. The summed E-state index contributed by atoms with van der Waals surface area (Å²) in [6.07, 6.45) is 1.32. The first kappa shape index (κ1) is 10.8. The van der Waals surface area contributed by atoms with Crippen molar-refractivity contribution in [3.05, 3.63) is 16.4 Å². The number of aryl methyl sites for hydroxylation is 1. The third kappa shape index (κ3) is 2.13. The van der Waals surface area contributed by atoms with Crippen molar-refractivity contribution in [3.63, 3.8) is 0 Å². The van der Waals surface area contributed by atoms with E-state index in [0.29, 0.717) is 0 Å². The van der Waals surface area contributed by atoms with Gasteiger partial charge in [-0.3, -0.25) is 0 Å². The number of hydrogen-bond acceptors (Lipinski definition) is 4. The fourth-order valence-electron chi connectivity index (χ4n) is 0.532. The van der Waals surface area contributed by atoms with Crippen LogP contribution in [0.1, 0.15) is 0 Å². The van der Waals surface area contributed by atoms with Gasteiger partial charge in [0.15, 0.2) is 0 Å². The summed E-state index contributed by atoms with van der Waals surface area (Å²) in [5.74, 6) is -0.252. The van der Waals surface area contributed by atoms with Crippen molar-refractivity contribution in [3.8, 4) is 0 Å². The van der Waals surface area contributed by atoms with Gasteiger partial charge in [-0.25, -0.2) is 0 Å². The van der Waals surface area contributed by atoms with Crippen LogP contribution < -0.4 is 29.6 Å². The molecule has 1 aromatic rings. The van der Waals surface area contributed by atoms with Gasteiger partial charge in [0.05, 0.1) is 0 Å². The zero-order chi connectivity index (χ0) is 7.72. The van der Waals surface area contributed by atoms with Gasteiger partial charge in [-0.1, -0.05) is 0 Å². The minimum Gasteiger partial charge on any atom is -0.754 e. The van der Waals surface area contributed by atoms with Crippen molar-refractivity contribution < 1.29 is 34.5 Å². The van der Waals surface area contributed by atoms with E-state index in [4.69, 9.17) is 0 Å². The van der Waals surface area contributed by atoms with E-state index < -0.39 is 4.92 Å². The smallest absolute Gasteiger partial charge is 0.754 e. The second-order valence-corrected chi connectivity index (χ2v) is 2.13. The summed E-state index contributed by atoms with van der Waals surface area (Å²) in [4.78, 5) is 13.0. The Bertz CT molecular complexity index is 274. The fourth-order valence-corrected chi connectivity index (χ4v) is 0.706. The average Bonchev–Trinajstić information content (AvgIpc) is 2.14. The summed E-state index contributed by atoms with van der Waals surface area (Å²) in [5.41, 5.74) is 0. The maximum Gasteiger partial charge on any atom is 1.00 e. The molecule has 0 aliphatic rings. The minimum absolute atomic E-state index is 0. The van der Waals surface area contributed by atoms with E-state index >= 15 is 0 Å². The van der Waals surface area contributed by atoms with Gasteiger partial charge in [-0.2, -0.15) is 0 Å². The second kappa shape index (κ2) is 4.01. The third-order valence-corrected chi connectivity index (χ3v) is 1.51. The molecular formula is C4H4N3NaO2S. The van der Waals surface area contributed by atoms with Crippen molar-refractivity contribution >= 4 is 18.4 Å². The summed E-state index contributed by atoms with van der Waals surface area (Å²) in [6, 6.07) is 0. The Hall–Kier alpha value is -0.170. The molecular weight excluding hydrogens is 177 g/mol. The minimum atomic E-state index is -0.595. The molecule has 0 radical (unpaired) electrons. The van der Waals surface area contributed by atoms with Gasteiger partial charge in [-0.05, 0) is 14.9 Å². The second-order valence-electron chi connectivity index (χ2n) is 1.74. The van der Waals surface area contributed by atoms with E-state index in [1.54, 1.807) is 7.05 Å². The van der Waals surface area contributed by atoms with Crippen LogP contribution in [0.25, 0.3) is 0 Å². The van der Waals surface area contributed by atoms with Gasteiger partial charge in [0.25, 0.3) is 0 Å². The largest absolute Gasteiger partial charge is 1.00 e. The molecule has 0 bridgehead atoms. The van der Waals surface area contributed by atoms with Crippen molar-refractivity contribution in [2.75, 3.05) is 0 Å². The summed E-state index contributed by atoms with van der Waals surface area (Å²) in [7, 11) is 1.61. The number of aromatic nitrogens is 2. The zero-order valence-electron chi connectivity index (χ0n) is 6.14. The Morgan fingerprint density at radius 2 is 2.36 bits per heavy atom. The Morgan fingerprint density at radius 1 is 1.82 bits per heavy atom. The number of rotatable bonds is 1. The van der Waals surface area contributed by atoms with Gasteiger partial charge in [0, 0.05) is 7.05 Å². The van der Waals surface area contributed by atoms with Crippen molar-refractivity contribution in [1.29, 1.82) is 0 Å². The van der Waals surface area contributed by atoms with Crippen LogP contribution in [-0.4, -0.2) is 14.5 Å². The van der Waals surface area contributed by atoms with Gasteiger partial charge in [0.1, 0.15) is 0 Å². The summed E-state index contributed by atoms with van der Waals surface area (Å²) in [5, 5.41) is 10.3. The van der Waals surface area contributed by atoms with Crippen LogP contribution in [0.15, 0.2) is 11.4 Å². The van der Waals surface area contributed by atoms with E-state index in [2.05, 4.69) is 17.6 Å². The molecule has 0 saturated heterocycles. The molecule has 0 aliphatic carbocycles. The Labute approximate surface area is 90.7 Å². The van der Waals surface area contributed by atoms with Crippen LogP contribution in [0.4, 0.5) is 5.82 Å². The Morgan fingerprint density at radius 3 is 2.55 bits per heavy atom. The molecule has 11 heavy (non-hydrogen) atoms. The number of hydrogen-bond donors (Lipinski definition) is 0. The van der Waals surface area contributed by atoms with Crippen LogP contribution in [-0.2, 0) is 19.7 Å².